The molecule has 0 saturated heterocycles. The number of rotatable bonds is 5. The highest BCUT2D eigenvalue weighted by atomic mass is 32.1. The number of anilines is 1. The molecule has 166 valence electrons. The first-order chi connectivity index (χ1) is 15.9. The van der Waals surface area contributed by atoms with Gasteiger partial charge in [-0.3, -0.25) is 14.2 Å². The SMILES string of the molecule is Cc1nc2ccc(NC(=O)Cn3cnc4scc(-c5ccc(C(C)C)cc5)c4c3=O)cc2s1. The smallest absolute Gasteiger partial charge is 0.263 e. The van der Waals surface area contributed by atoms with Gasteiger partial charge in [-0.1, -0.05) is 38.1 Å². The molecule has 1 N–H and O–H groups in total. The van der Waals surface area contributed by atoms with E-state index in [0.29, 0.717) is 21.8 Å². The normalized spacial score (nSPS) is 11.5. The van der Waals surface area contributed by atoms with Gasteiger partial charge in [0.2, 0.25) is 5.91 Å². The van der Waals surface area contributed by atoms with Crippen LogP contribution in [-0.4, -0.2) is 20.4 Å². The summed E-state index contributed by atoms with van der Waals surface area (Å²) in [5.41, 5.74) is 4.45. The number of aryl methyl sites for hydroxylation is 1. The summed E-state index contributed by atoms with van der Waals surface area (Å²) < 4.78 is 2.38. The Labute approximate surface area is 198 Å². The lowest BCUT2D eigenvalue weighted by molar-refractivity contribution is -0.116. The summed E-state index contributed by atoms with van der Waals surface area (Å²) in [7, 11) is 0. The van der Waals surface area contributed by atoms with Crippen LogP contribution < -0.4 is 10.9 Å². The molecule has 0 spiro atoms. The van der Waals surface area contributed by atoms with Crippen molar-refractivity contribution in [1.29, 1.82) is 0 Å². The molecule has 0 radical (unpaired) electrons. The fraction of sp³-hybridized carbons (Fsp3) is 0.200. The largest absolute Gasteiger partial charge is 0.324 e. The molecule has 5 rings (SSSR count). The van der Waals surface area contributed by atoms with Crippen molar-refractivity contribution < 1.29 is 4.79 Å². The van der Waals surface area contributed by atoms with Gasteiger partial charge in [-0.25, -0.2) is 9.97 Å². The molecule has 8 heteroatoms. The summed E-state index contributed by atoms with van der Waals surface area (Å²) in [5.74, 6) is 0.161. The monoisotopic (exact) mass is 474 g/mol. The second-order valence-corrected chi connectivity index (χ2v) is 10.3. The number of nitrogens with zero attached hydrogens (tertiary/aromatic N) is 3. The zero-order valence-corrected chi connectivity index (χ0v) is 20.1. The third-order valence-electron chi connectivity index (χ3n) is 5.54. The van der Waals surface area contributed by atoms with Gasteiger partial charge < -0.3 is 5.32 Å². The van der Waals surface area contributed by atoms with Gasteiger partial charge in [-0.05, 0) is 42.2 Å². The van der Waals surface area contributed by atoms with Crippen molar-refractivity contribution >= 4 is 54.7 Å². The number of amides is 1. The van der Waals surface area contributed by atoms with Crippen LogP contribution in [0, 0.1) is 6.92 Å². The van der Waals surface area contributed by atoms with E-state index in [9.17, 15) is 9.59 Å². The maximum absolute atomic E-state index is 13.3. The molecule has 0 saturated carbocycles. The Hall–Kier alpha value is -3.36. The molecule has 0 aliphatic carbocycles. The first kappa shape index (κ1) is 21.5. The lowest BCUT2D eigenvalue weighted by atomic mass is 9.99. The maximum atomic E-state index is 13.3. The quantitative estimate of drug-likeness (QED) is 0.349. The van der Waals surface area contributed by atoms with E-state index in [-0.39, 0.29) is 18.0 Å². The number of benzene rings is 2. The van der Waals surface area contributed by atoms with Crippen molar-refractivity contribution in [3.8, 4) is 11.1 Å². The number of thiophene rings is 1. The molecule has 3 heterocycles. The Morgan fingerprint density at radius 2 is 1.94 bits per heavy atom. The third-order valence-corrected chi connectivity index (χ3v) is 7.36. The highest BCUT2D eigenvalue weighted by molar-refractivity contribution is 7.18. The van der Waals surface area contributed by atoms with E-state index >= 15 is 0 Å². The molecule has 0 atom stereocenters. The number of carbonyl (C=O) groups excluding carboxylic acids is 1. The molecule has 6 nitrogen and oxygen atoms in total. The van der Waals surface area contributed by atoms with Crippen molar-refractivity contribution in [3.63, 3.8) is 0 Å². The topological polar surface area (TPSA) is 76.9 Å². The Morgan fingerprint density at radius 3 is 2.70 bits per heavy atom. The van der Waals surface area contributed by atoms with E-state index in [1.54, 1.807) is 11.3 Å². The molecule has 0 aliphatic heterocycles. The molecule has 5 aromatic rings. The number of nitrogens with one attached hydrogen (secondary N) is 1. The third kappa shape index (κ3) is 4.19. The summed E-state index contributed by atoms with van der Waals surface area (Å²) in [6, 6.07) is 13.9. The highest BCUT2D eigenvalue weighted by Crippen LogP contribution is 2.31. The zero-order valence-electron chi connectivity index (χ0n) is 18.5. The molecule has 1 amide bonds. The summed E-state index contributed by atoms with van der Waals surface area (Å²) in [5, 5.41) is 6.36. The minimum atomic E-state index is -0.281. The van der Waals surface area contributed by atoms with Crippen LogP contribution in [-0.2, 0) is 11.3 Å². The van der Waals surface area contributed by atoms with Gasteiger partial charge in [0, 0.05) is 16.6 Å². The molecule has 0 fully saturated rings. The van der Waals surface area contributed by atoms with Crippen LogP contribution in [0.1, 0.15) is 30.3 Å². The lowest BCUT2D eigenvalue weighted by Gasteiger charge is -2.09. The number of fused-ring (bicyclic) bond motifs is 2. The van der Waals surface area contributed by atoms with E-state index in [0.717, 1.165) is 26.4 Å². The number of hydrogen-bond donors (Lipinski definition) is 1. The minimum absolute atomic E-state index is 0.108. The second kappa shape index (κ2) is 8.53. The first-order valence-corrected chi connectivity index (χ1v) is 12.3. The van der Waals surface area contributed by atoms with Gasteiger partial charge in [0.15, 0.2) is 0 Å². The van der Waals surface area contributed by atoms with Crippen LogP contribution in [0.2, 0.25) is 0 Å². The predicted molar refractivity (Wildman–Crippen MR) is 136 cm³/mol. The predicted octanol–water partition coefficient (Wildman–Crippen LogP) is 5.81. The van der Waals surface area contributed by atoms with E-state index < -0.39 is 0 Å². The summed E-state index contributed by atoms with van der Waals surface area (Å²) in [6.45, 7) is 6.15. The molecule has 0 unspecified atom stereocenters. The molecular formula is C25H22N4O2S2. The standard InChI is InChI=1S/C25H22N4O2S2/c1-14(2)16-4-6-17(7-5-16)19-12-32-24-23(19)25(31)29(13-26-24)11-22(30)28-18-8-9-20-21(10-18)33-15(3)27-20/h4-10,12-14H,11H2,1-3H3,(H,28,30). The second-order valence-electron chi connectivity index (χ2n) is 8.25. The van der Waals surface area contributed by atoms with Gasteiger partial charge in [0.1, 0.15) is 11.4 Å². The average Bonchev–Trinajstić information content (AvgIpc) is 3.38. The van der Waals surface area contributed by atoms with Crippen molar-refractivity contribution in [2.24, 2.45) is 0 Å². The zero-order chi connectivity index (χ0) is 23.1. The Morgan fingerprint density at radius 1 is 1.15 bits per heavy atom. The van der Waals surface area contributed by atoms with Crippen LogP contribution in [0.4, 0.5) is 5.69 Å². The number of hydrogen-bond acceptors (Lipinski definition) is 6. The molecular weight excluding hydrogens is 452 g/mol. The van der Waals surface area contributed by atoms with Gasteiger partial charge in [0.05, 0.1) is 26.9 Å². The van der Waals surface area contributed by atoms with Crippen molar-refractivity contribution in [2.45, 2.75) is 33.2 Å². The van der Waals surface area contributed by atoms with E-state index in [2.05, 4.69) is 41.3 Å². The number of aromatic nitrogens is 3. The highest BCUT2D eigenvalue weighted by Gasteiger charge is 2.15. The van der Waals surface area contributed by atoms with Crippen LogP contribution in [0.25, 0.3) is 31.6 Å². The van der Waals surface area contributed by atoms with E-state index in [1.165, 1.54) is 27.8 Å². The van der Waals surface area contributed by atoms with Crippen LogP contribution >= 0.6 is 22.7 Å². The Bertz CT molecular complexity index is 1540. The van der Waals surface area contributed by atoms with Crippen LogP contribution in [0.3, 0.4) is 0 Å². The number of carbonyl (C=O) groups is 1. The van der Waals surface area contributed by atoms with Gasteiger partial charge in [-0.2, -0.15) is 0 Å². The molecule has 2 aromatic carbocycles. The van der Waals surface area contributed by atoms with Crippen molar-refractivity contribution in [1.82, 2.24) is 14.5 Å². The van der Waals surface area contributed by atoms with E-state index in [1.807, 2.05) is 42.6 Å². The minimum Gasteiger partial charge on any atom is -0.324 e. The fourth-order valence-corrected chi connectivity index (χ4v) is 5.59. The van der Waals surface area contributed by atoms with Crippen molar-refractivity contribution in [3.05, 3.63) is 75.1 Å². The summed E-state index contributed by atoms with van der Waals surface area (Å²) in [4.78, 5) is 35.5. The summed E-state index contributed by atoms with van der Waals surface area (Å²) in [6.07, 6.45) is 1.45. The average molecular weight is 475 g/mol. The van der Waals surface area contributed by atoms with Crippen LogP contribution in [0.5, 0.6) is 0 Å². The molecule has 33 heavy (non-hydrogen) atoms. The molecule has 0 bridgehead atoms. The fourth-order valence-electron chi connectivity index (χ4n) is 3.81. The maximum Gasteiger partial charge on any atom is 0.263 e. The first-order valence-electron chi connectivity index (χ1n) is 10.6. The van der Waals surface area contributed by atoms with Crippen molar-refractivity contribution in [2.75, 3.05) is 5.32 Å². The summed E-state index contributed by atoms with van der Waals surface area (Å²) >= 11 is 3.01. The van der Waals surface area contributed by atoms with Gasteiger partial charge in [0.25, 0.3) is 5.56 Å². The molecule has 0 aliphatic rings. The lowest BCUT2D eigenvalue weighted by Crippen LogP contribution is -2.27. The van der Waals surface area contributed by atoms with E-state index in [4.69, 9.17) is 0 Å². The van der Waals surface area contributed by atoms with Crippen LogP contribution in [0.15, 0.2) is 59.0 Å². The Balaban J connectivity index is 1.42. The van der Waals surface area contributed by atoms with Gasteiger partial charge >= 0.3 is 0 Å². The Kier molecular flexibility index (Phi) is 5.55. The number of thiazole rings is 1. The molecule has 3 aromatic heterocycles. The van der Waals surface area contributed by atoms with Gasteiger partial charge in [-0.15, -0.1) is 22.7 Å².